The third-order valence-electron chi connectivity index (χ3n) is 4.45. The zero-order valence-corrected chi connectivity index (χ0v) is 16.3. The molecule has 1 aromatic heterocycles. The number of carbonyl (C=O) groups excluding carboxylic acids is 2. The molecule has 1 fully saturated rings. The third-order valence-corrected chi connectivity index (χ3v) is 5.77. The van der Waals surface area contributed by atoms with E-state index >= 15 is 0 Å². The summed E-state index contributed by atoms with van der Waals surface area (Å²) >= 11 is 7.29. The fourth-order valence-corrected chi connectivity index (χ4v) is 3.96. The lowest BCUT2D eigenvalue weighted by atomic mass is 10.1. The molecule has 0 unspecified atom stereocenters. The Labute approximate surface area is 161 Å². The molecule has 0 bridgehead atoms. The van der Waals surface area contributed by atoms with E-state index in [1.54, 1.807) is 29.2 Å². The van der Waals surface area contributed by atoms with Crippen molar-refractivity contribution in [2.24, 2.45) is 5.92 Å². The summed E-state index contributed by atoms with van der Waals surface area (Å²) in [5.41, 5.74) is 0.751. The smallest absolute Gasteiger partial charge is 0.231 e. The van der Waals surface area contributed by atoms with Crippen molar-refractivity contribution in [1.29, 1.82) is 0 Å². The van der Waals surface area contributed by atoms with Crippen LogP contribution in [0, 0.1) is 5.92 Å². The first-order valence-corrected chi connectivity index (χ1v) is 9.87. The Kier molecular flexibility index (Phi) is 5.88. The molecule has 26 heavy (non-hydrogen) atoms. The van der Waals surface area contributed by atoms with Gasteiger partial charge in [-0.15, -0.1) is 10.2 Å². The highest BCUT2D eigenvalue weighted by Crippen LogP contribution is 2.29. The van der Waals surface area contributed by atoms with Crippen molar-refractivity contribution >= 4 is 45.6 Å². The Hall–Kier alpha value is -1.99. The molecule has 0 radical (unpaired) electrons. The molecular formula is C18H21ClN4O2S. The minimum atomic E-state index is -0.404. The molecule has 2 atom stereocenters. The summed E-state index contributed by atoms with van der Waals surface area (Å²) in [7, 11) is 0. The van der Waals surface area contributed by atoms with Crippen LogP contribution in [0.2, 0.25) is 5.02 Å². The van der Waals surface area contributed by atoms with Gasteiger partial charge < -0.3 is 10.2 Å². The van der Waals surface area contributed by atoms with Gasteiger partial charge in [-0.1, -0.05) is 43.2 Å². The summed E-state index contributed by atoms with van der Waals surface area (Å²) in [4.78, 5) is 26.4. The minimum Gasteiger partial charge on any atom is -0.312 e. The predicted molar refractivity (Wildman–Crippen MR) is 104 cm³/mol. The van der Waals surface area contributed by atoms with Gasteiger partial charge in [-0.05, 0) is 30.7 Å². The van der Waals surface area contributed by atoms with E-state index < -0.39 is 5.92 Å². The number of rotatable bonds is 6. The average molecular weight is 393 g/mol. The summed E-state index contributed by atoms with van der Waals surface area (Å²) in [6, 6.07) is 7.04. The molecule has 0 aliphatic carbocycles. The van der Waals surface area contributed by atoms with Crippen LogP contribution in [0.3, 0.4) is 0 Å². The van der Waals surface area contributed by atoms with E-state index in [0.717, 1.165) is 23.5 Å². The second-order valence-corrected chi connectivity index (χ2v) is 7.95. The maximum absolute atomic E-state index is 12.5. The number of hydrogen-bond acceptors (Lipinski definition) is 5. The number of nitrogens with zero attached hydrogens (tertiary/aromatic N) is 3. The molecule has 2 heterocycles. The van der Waals surface area contributed by atoms with Gasteiger partial charge >= 0.3 is 0 Å². The van der Waals surface area contributed by atoms with E-state index in [2.05, 4.69) is 29.4 Å². The van der Waals surface area contributed by atoms with Crippen molar-refractivity contribution < 1.29 is 9.59 Å². The first-order chi connectivity index (χ1) is 12.5. The van der Waals surface area contributed by atoms with Gasteiger partial charge in [0.2, 0.25) is 16.9 Å². The van der Waals surface area contributed by atoms with Crippen LogP contribution < -0.4 is 10.2 Å². The molecule has 1 aliphatic heterocycles. The number of benzene rings is 1. The zero-order chi connectivity index (χ0) is 18.7. The van der Waals surface area contributed by atoms with Gasteiger partial charge in [0.1, 0.15) is 5.01 Å². The highest BCUT2D eigenvalue weighted by Gasteiger charge is 2.35. The lowest BCUT2D eigenvalue weighted by molar-refractivity contribution is -0.122. The number of halogens is 1. The molecule has 6 nitrogen and oxygen atoms in total. The number of aromatic nitrogens is 2. The molecule has 0 spiro atoms. The molecule has 138 valence electrons. The van der Waals surface area contributed by atoms with Crippen LogP contribution in [0.1, 0.15) is 44.0 Å². The summed E-state index contributed by atoms with van der Waals surface area (Å²) in [6.45, 7) is 4.59. The molecule has 1 aliphatic rings. The van der Waals surface area contributed by atoms with E-state index in [9.17, 15) is 9.59 Å². The van der Waals surface area contributed by atoms with Crippen molar-refractivity contribution in [3.05, 3.63) is 34.3 Å². The van der Waals surface area contributed by atoms with Crippen molar-refractivity contribution in [1.82, 2.24) is 10.2 Å². The first-order valence-electron chi connectivity index (χ1n) is 8.68. The van der Waals surface area contributed by atoms with Crippen LogP contribution in [-0.4, -0.2) is 28.6 Å². The first kappa shape index (κ1) is 18.8. The Balaban J connectivity index is 1.62. The molecule has 3 rings (SSSR count). The van der Waals surface area contributed by atoms with E-state index in [4.69, 9.17) is 11.6 Å². The Bertz CT molecular complexity index is 793. The topological polar surface area (TPSA) is 75.2 Å². The van der Waals surface area contributed by atoms with Crippen LogP contribution >= 0.6 is 22.9 Å². The second kappa shape index (κ2) is 8.14. The highest BCUT2D eigenvalue weighted by atomic mass is 35.5. The monoisotopic (exact) mass is 392 g/mol. The van der Waals surface area contributed by atoms with E-state index in [1.807, 2.05) is 0 Å². The van der Waals surface area contributed by atoms with E-state index in [1.165, 1.54) is 11.3 Å². The highest BCUT2D eigenvalue weighted by molar-refractivity contribution is 7.15. The van der Waals surface area contributed by atoms with Crippen LogP contribution in [-0.2, 0) is 9.59 Å². The number of carbonyl (C=O) groups is 2. The summed E-state index contributed by atoms with van der Waals surface area (Å²) in [6.07, 6.45) is 2.30. The fourth-order valence-electron chi connectivity index (χ4n) is 3.00. The number of anilines is 2. The van der Waals surface area contributed by atoms with Gasteiger partial charge in [0.05, 0.1) is 5.92 Å². The fraction of sp³-hybridized carbons (Fsp3) is 0.444. The molecule has 8 heteroatoms. The largest absolute Gasteiger partial charge is 0.312 e. The second-order valence-electron chi connectivity index (χ2n) is 6.51. The zero-order valence-electron chi connectivity index (χ0n) is 14.7. The lowest BCUT2D eigenvalue weighted by Gasteiger charge is -2.16. The van der Waals surface area contributed by atoms with Gasteiger partial charge in [-0.25, -0.2) is 0 Å². The van der Waals surface area contributed by atoms with Gasteiger partial charge in [0.25, 0.3) is 0 Å². The molecule has 1 aromatic carbocycles. The summed E-state index contributed by atoms with van der Waals surface area (Å²) in [5, 5.41) is 13.1. The molecule has 2 aromatic rings. The predicted octanol–water partition coefficient (Wildman–Crippen LogP) is 4.09. The van der Waals surface area contributed by atoms with Gasteiger partial charge in [0, 0.05) is 29.6 Å². The molecule has 1 saturated heterocycles. The van der Waals surface area contributed by atoms with Crippen molar-refractivity contribution in [2.45, 2.75) is 39.0 Å². The van der Waals surface area contributed by atoms with Crippen LogP contribution in [0.15, 0.2) is 24.3 Å². The maximum atomic E-state index is 12.5. The van der Waals surface area contributed by atoms with Crippen LogP contribution in [0.4, 0.5) is 10.8 Å². The van der Waals surface area contributed by atoms with Gasteiger partial charge in [-0.2, -0.15) is 0 Å². The number of nitrogens with one attached hydrogen (secondary N) is 1. The van der Waals surface area contributed by atoms with E-state index in [-0.39, 0.29) is 18.2 Å². The quantitative estimate of drug-likeness (QED) is 0.803. The van der Waals surface area contributed by atoms with Gasteiger partial charge in [0.15, 0.2) is 0 Å². The summed E-state index contributed by atoms with van der Waals surface area (Å²) in [5.74, 6) is -0.335. The average Bonchev–Trinajstić information content (AvgIpc) is 3.23. The molecule has 1 N–H and O–H groups in total. The van der Waals surface area contributed by atoms with Crippen LogP contribution in [0.25, 0.3) is 0 Å². The van der Waals surface area contributed by atoms with Gasteiger partial charge in [-0.3, -0.25) is 9.59 Å². The lowest BCUT2D eigenvalue weighted by Crippen LogP contribution is -2.28. The minimum absolute atomic E-state index is 0.0676. The Morgan fingerprint density at radius 1 is 1.38 bits per heavy atom. The number of hydrogen-bond donors (Lipinski definition) is 1. The molecule has 2 amide bonds. The van der Waals surface area contributed by atoms with Crippen molar-refractivity contribution in [3.63, 3.8) is 0 Å². The summed E-state index contributed by atoms with van der Waals surface area (Å²) < 4.78 is 0. The normalized spacial score (nSPS) is 18.2. The Morgan fingerprint density at radius 2 is 2.12 bits per heavy atom. The van der Waals surface area contributed by atoms with Crippen LogP contribution in [0.5, 0.6) is 0 Å². The SMILES string of the molecule is CCC[C@H](C)c1nnc(NC(=O)[C@H]2CC(=O)N(c3ccc(Cl)cc3)C2)s1. The molecule has 0 saturated carbocycles. The number of amides is 2. The van der Waals surface area contributed by atoms with E-state index in [0.29, 0.717) is 22.6 Å². The van der Waals surface area contributed by atoms with Crippen molar-refractivity contribution in [2.75, 3.05) is 16.8 Å². The standard InChI is InChI=1S/C18H21ClN4O2S/c1-3-4-11(2)17-21-22-18(26-17)20-16(25)12-9-15(24)23(10-12)14-7-5-13(19)6-8-14/h5-8,11-12H,3-4,9-10H2,1-2H3,(H,20,22,25)/t11-,12-/m0/s1. The van der Waals surface area contributed by atoms with Crippen molar-refractivity contribution in [3.8, 4) is 0 Å². The Morgan fingerprint density at radius 3 is 2.81 bits per heavy atom. The third kappa shape index (κ3) is 4.22. The molecular weight excluding hydrogens is 372 g/mol. The maximum Gasteiger partial charge on any atom is 0.231 e.